The van der Waals surface area contributed by atoms with Crippen molar-refractivity contribution in [3.05, 3.63) is 0 Å². The highest BCUT2D eigenvalue weighted by atomic mass is 16.6. The number of rotatable bonds is 4. The minimum Gasteiger partial charge on any atom is -0.480 e. The smallest absolute Gasteiger partial charge is 0.328 e. The van der Waals surface area contributed by atoms with Gasteiger partial charge in [-0.05, 0) is 27.2 Å². The fourth-order valence-electron chi connectivity index (χ4n) is 1.08. The van der Waals surface area contributed by atoms with Gasteiger partial charge < -0.3 is 21.3 Å². The van der Waals surface area contributed by atoms with Crippen LogP contribution in [0, 0.1) is 0 Å². The molecule has 0 aromatic carbocycles. The van der Waals surface area contributed by atoms with Gasteiger partial charge in [-0.3, -0.25) is 4.79 Å². The van der Waals surface area contributed by atoms with E-state index >= 15 is 0 Å². The summed E-state index contributed by atoms with van der Waals surface area (Å²) in [5, 5.41) is 8.78. The Bertz CT molecular complexity index is 285. The Hall–Kier alpha value is -1.14. The van der Waals surface area contributed by atoms with E-state index in [1.807, 2.05) is 0 Å². The predicted molar refractivity (Wildman–Crippen MR) is 58.7 cm³/mol. The van der Waals surface area contributed by atoms with Gasteiger partial charge in [-0.1, -0.05) is 6.92 Å². The summed E-state index contributed by atoms with van der Waals surface area (Å²) in [6.45, 7) is 6.61. The third-order valence-corrected chi connectivity index (χ3v) is 2.18. The monoisotopic (exact) mass is 232 g/mol. The topological polar surface area (TPSA) is 116 Å². The van der Waals surface area contributed by atoms with Gasteiger partial charge in [0.2, 0.25) is 0 Å². The number of carbonyl (C=O) groups excluding carboxylic acids is 1. The molecule has 0 aromatic heterocycles. The second-order valence-corrected chi connectivity index (χ2v) is 4.71. The Labute approximate surface area is 94.9 Å². The van der Waals surface area contributed by atoms with Crippen LogP contribution in [-0.2, 0) is 14.3 Å². The molecule has 6 nitrogen and oxygen atoms in total. The van der Waals surface area contributed by atoms with Gasteiger partial charge in [0.1, 0.15) is 17.2 Å². The number of nitrogens with two attached hydrogens (primary N) is 2. The lowest BCUT2D eigenvalue weighted by Gasteiger charge is -2.32. The minimum atomic E-state index is -1.70. The molecule has 0 aliphatic rings. The number of carboxylic acids is 1. The van der Waals surface area contributed by atoms with Gasteiger partial charge in [0.25, 0.3) is 0 Å². The fourth-order valence-corrected chi connectivity index (χ4v) is 1.08. The van der Waals surface area contributed by atoms with E-state index in [0.29, 0.717) is 0 Å². The van der Waals surface area contributed by atoms with E-state index in [0.717, 1.165) is 0 Å². The summed E-state index contributed by atoms with van der Waals surface area (Å²) < 4.78 is 5.06. The molecule has 0 heterocycles. The van der Waals surface area contributed by atoms with Crippen LogP contribution in [0.2, 0.25) is 0 Å². The van der Waals surface area contributed by atoms with Crippen LogP contribution in [0.25, 0.3) is 0 Å². The van der Waals surface area contributed by atoms with Gasteiger partial charge in [-0.25, -0.2) is 4.79 Å². The molecule has 0 aliphatic carbocycles. The summed E-state index contributed by atoms with van der Waals surface area (Å²) in [5.41, 5.74) is 8.69. The average molecular weight is 232 g/mol. The number of carbonyl (C=O) groups is 2. The van der Waals surface area contributed by atoms with Crippen molar-refractivity contribution in [2.24, 2.45) is 11.5 Å². The summed E-state index contributed by atoms with van der Waals surface area (Å²) in [6.07, 6.45) is 0.0926. The molecule has 0 bridgehead atoms. The third-order valence-electron chi connectivity index (χ3n) is 2.18. The van der Waals surface area contributed by atoms with Crippen molar-refractivity contribution < 1.29 is 19.4 Å². The van der Waals surface area contributed by atoms with E-state index in [9.17, 15) is 9.59 Å². The second kappa shape index (κ2) is 4.80. The predicted octanol–water partition coefficient (Wildman–Crippen LogP) is -0.152. The van der Waals surface area contributed by atoms with Gasteiger partial charge in [0.05, 0.1) is 0 Å². The minimum absolute atomic E-state index is 0.0926. The second-order valence-electron chi connectivity index (χ2n) is 4.71. The Kier molecular flexibility index (Phi) is 4.45. The van der Waals surface area contributed by atoms with Crippen LogP contribution in [0.5, 0.6) is 0 Å². The number of hydrogen-bond donors (Lipinski definition) is 3. The number of hydrogen-bond acceptors (Lipinski definition) is 5. The molecule has 2 atom stereocenters. The van der Waals surface area contributed by atoms with Gasteiger partial charge in [0, 0.05) is 0 Å². The van der Waals surface area contributed by atoms with Crippen molar-refractivity contribution in [2.75, 3.05) is 0 Å². The van der Waals surface area contributed by atoms with Crippen LogP contribution < -0.4 is 11.5 Å². The van der Waals surface area contributed by atoms with Crippen LogP contribution in [0.15, 0.2) is 0 Å². The highest BCUT2D eigenvalue weighted by Gasteiger charge is 2.45. The normalized spacial score (nSPS) is 17.4. The fraction of sp³-hybridized carbons (Fsp3) is 0.800. The number of esters is 1. The first-order chi connectivity index (χ1) is 7.04. The number of carboxylic acid groups (broad SMARTS) is 1. The summed E-state index contributed by atoms with van der Waals surface area (Å²) in [6, 6.07) is -1.48. The molecule has 6 heteroatoms. The lowest BCUT2D eigenvalue weighted by atomic mass is 9.88. The highest BCUT2D eigenvalue weighted by Crippen LogP contribution is 2.18. The largest absolute Gasteiger partial charge is 0.480 e. The van der Waals surface area contributed by atoms with E-state index in [2.05, 4.69) is 0 Å². The molecule has 16 heavy (non-hydrogen) atoms. The Morgan fingerprint density at radius 1 is 1.38 bits per heavy atom. The maximum atomic E-state index is 11.8. The van der Waals surface area contributed by atoms with Crippen molar-refractivity contribution in [1.82, 2.24) is 0 Å². The Morgan fingerprint density at radius 2 is 1.81 bits per heavy atom. The molecule has 0 rings (SSSR count). The number of ether oxygens (including phenoxy) is 1. The first-order valence-electron chi connectivity index (χ1n) is 5.05. The molecule has 0 saturated carbocycles. The summed E-state index contributed by atoms with van der Waals surface area (Å²) in [4.78, 5) is 22.5. The van der Waals surface area contributed by atoms with E-state index in [-0.39, 0.29) is 6.42 Å². The average Bonchev–Trinajstić information content (AvgIpc) is 2.12. The molecule has 0 spiro atoms. The van der Waals surface area contributed by atoms with E-state index in [1.54, 1.807) is 27.7 Å². The third kappa shape index (κ3) is 3.46. The first-order valence-corrected chi connectivity index (χ1v) is 5.05. The van der Waals surface area contributed by atoms with Crippen molar-refractivity contribution in [2.45, 2.75) is 51.3 Å². The van der Waals surface area contributed by atoms with Gasteiger partial charge in [-0.2, -0.15) is 0 Å². The molecule has 0 amide bonds. The van der Waals surface area contributed by atoms with Gasteiger partial charge in [0.15, 0.2) is 0 Å². The molecular formula is C10H20N2O4. The van der Waals surface area contributed by atoms with Gasteiger partial charge in [-0.15, -0.1) is 0 Å². The zero-order valence-corrected chi connectivity index (χ0v) is 10.1. The molecule has 0 saturated heterocycles. The van der Waals surface area contributed by atoms with Crippen molar-refractivity contribution in [3.8, 4) is 0 Å². The number of aliphatic carboxylic acids is 1. The van der Waals surface area contributed by atoms with Crippen LogP contribution in [0.1, 0.15) is 34.1 Å². The van der Waals surface area contributed by atoms with Crippen LogP contribution >= 0.6 is 0 Å². The summed E-state index contributed by atoms with van der Waals surface area (Å²) in [5.74, 6) is -2.12. The quantitative estimate of drug-likeness (QED) is 0.580. The molecule has 0 aromatic rings. The van der Waals surface area contributed by atoms with Crippen molar-refractivity contribution in [1.29, 1.82) is 0 Å². The summed E-state index contributed by atoms with van der Waals surface area (Å²) >= 11 is 0. The van der Waals surface area contributed by atoms with Gasteiger partial charge >= 0.3 is 11.9 Å². The van der Waals surface area contributed by atoms with Crippen LogP contribution in [-0.4, -0.2) is 34.2 Å². The molecule has 2 unspecified atom stereocenters. The molecule has 5 N–H and O–H groups in total. The standard InChI is InChI=1S/C10H20N2O4/c1-5-10(12,6(11)7(13)14)8(15)16-9(2,3)4/h6H,5,11-12H2,1-4H3,(H,13,14). The summed E-state index contributed by atoms with van der Waals surface area (Å²) in [7, 11) is 0. The van der Waals surface area contributed by atoms with Crippen LogP contribution in [0.3, 0.4) is 0 Å². The lowest BCUT2D eigenvalue weighted by molar-refractivity contribution is -0.166. The molecule has 0 radical (unpaired) electrons. The lowest BCUT2D eigenvalue weighted by Crippen LogP contribution is -2.64. The zero-order valence-electron chi connectivity index (χ0n) is 10.1. The molecule has 0 aliphatic heterocycles. The molecular weight excluding hydrogens is 212 g/mol. The molecule has 94 valence electrons. The van der Waals surface area contributed by atoms with Crippen LogP contribution in [0.4, 0.5) is 0 Å². The maximum Gasteiger partial charge on any atom is 0.328 e. The Balaban J connectivity index is 4.97. The first kappa shape index (κ1) is 14.9. The van der Waals surface area contributed by atoms with E-state index < -0.39 is 29.1 Å². The zero-order chi connectivity index (χ0) is 13.1. The SMILES string of the molecule is CCC(N)(C(=O)OC(C)(C)C)C(N)C(=O)O. The van der Waals surface area contributed by atoms with E-state index in [4.69, 9.17) is 21.3 Å². The van der Waals surface area contributed by atoms with Crippen molar-refractivity contribution >= 4 is 11.9 Å². The maximum absolute atomic E-state index is 11.8. The molecule has 0 fully saturated rings. The highest BCUT2D eigenvalue weighted by molar-refractivity contribution is 5.90. The van der Waals surface area contributed by atoms with Crippen molar-refractivity contribution in [3.63, 3.8) is 0 Å². The van der Waals surface area contributed by atoms with E-state index in [1.165, 1.54) is 0 Å². The Morgan fingerprint density at radius 3 is 2.06 bits per heavy atom.